The number of aromatic nitrogens is 4. The van der Waals surface area contributed by atoms with Crippen molar-refractivity contribution < 1.29 is 9.90 Å². The minimum Gasteiger partial charge on any atom is -0.478 e. The maximum atomic E-state index is 11.2. The Morgan fingerprint density at radius 1 is 1.47 bits per heavy atom. The minimum absolute atomic E-state index is 0.249. The van der Waals surface area contributed by atoms with Crippen molar-refractivity contribution in [3.63, 3.8) is 0 Å². The van der Waals surface area contributed by atoms with E-state index in [-0.39, 0.29) is 5.56 Å². The molecular weight excluding hydrogens is 332 g/mol. The normalized spacial score (nSPS) is 14.6. The van der Waals surface area contributed by atoms with Gasteiger partial charge < -0.3 is 5.11 Å². The molecule has 0 unspecified atom stereocenters. The topological polar surface area (TPSA) is 80.9 Å². The van der Waals surface area contributed by atoms with Crippen molar-refractivity contribution in [2.24, 2.45) is 0 Å². The molecule has 19 heavy (non-hydrogen) atoms. The van der Waals surface area contributed by atoms with E-state index in [9.17, 15) is 9.90 Å². The first kappa shape index (κ1) is 12.6. The molecule has 2 aromatic rings. The van der Waals surface area contributed by atoms with Crippen molar-refractivity contribution in [3.8, 4) is 0 Å². The number of carboxylic acids is 1. The summed E-state index contributed by atoms with van der Waals surface area (Å²) in [6.07, 6.45) is 2.14. The van der Waals surface area contributed by atoms with E-state index < -0.39 is 5.97 Å². The van der Waals surface area contributed by atoms with Crippen LogP contribution in [0, 0.1) is 0 Å². The van der Waals surface area contributed by atoms with Gasteiger partial charge in [-0.15, -0.1) is 5.10 Å². The number of carbonyl (C=O) groups is 1. The highest BCUT2D eigenvalue weighted by atomic mass is 79.9. The van der Waals surface area contributed by atoms with Crippen molar-refractivity contribution in [1.82, 2.24) is 20.2 Å². The molecule has 1 fully saturated rings. The van der Waals surface area contributed by atoms with Gasteiger partial charge in [-0.1, -0.05) is 15.9 Å². The van der Waals surface area contributed by atoms with Gasteiger partial charge in [-0.2, -0.15) is 0 Å². The summed E-state index contributed by atoms with van der Waals surface area (Å²) in [4.78, 5) is 11.8. The lowest BCUT2D eigenvalue weighted by Gasteiger charge is -2.06. The van der Waals surface area contributed by atoms with Crippen LogP contribution in [0.3, 0.4) is 0 Å². The number of aromatic carboxylic acids is 1. The van der Waals surface area contributed by atoms with Gasteiger partial charge >= 0.3 is 5.97 Å². The summed E-state index contributed by atoms with van der Waals surface area (Å²) in [7, 11) is 0. The molecule has 1 aromatic carbocycles. The second kappa shape index (κ2) is 4.93. The zero-order chi connectivity index (χ0) is 13.4. The van der Waals surface area contributed by atoms with Crippen LogP contribution in [-0.2, 0) is 0 Å². The minimum atomic E-state index is -0.958. The summed E-state index contributed by atoms with van der Waals surface area (Å²) >= 11 is 4.62. The summed E-state index contributed by atoms with van der Waals surface area (Å²) < 4.78 is 2.59. The molecule has 6 nitrogen and oxygen atoms in total. The fraction of sp³-hybridized carbons (Fsp3) is 0.273. The van der Waals surface area contributed by atoms with Crippen LogP contribution in [0.2, 0.25) is 0 Å². The van der Waals surface area contributed by atoms with E-state index in [2.05, 4.69) is 31.5 Å². The number of carboxylic acid groups (broad SMARTS) is 1. The third-order valence-electron chi connectivity index (χ3n) is 2.73. The fourth-order valence-electron chi connectivity index (χ4n) is 1.66. The van der Waals surface area contributed by atoms with Crippen molar-refractivity contribution >= 4 is 33.7 Å². The van der Waals surface area contributed by atoms with Crippen LogP contribution in [0.1, 0.15) is 29.2 Å². The zero-order valence-corrected chi connectivity index (χ0v) is 12.1. The van der Waals surface area contributed by atoms with Gasteiger partial charge in [0.1, 0.15) is 0 Å². The predicted octanol–water partition coefficient (Wildman–Crippen LogP) is 2.62. The molecule has 1 heterocycles. The molecule has 1 saturated carbocycles. The standard InChI is InChI=1S/C11H9BrN4O2S/c12-6-1-4-8(10(17)18)9(5-6)19-11-13-14-15-16(11)7-2-3-7/h1,4-5,7H,2-3H2,(H,17,18). The molecular formula is C11H9BrN4O2S. The fourth-order valence-corrected chi connectivity index (χ4v) is 3.17. The van der Waals surface area contributed by atoms with Gasteiger partial charge in [0.05, 0.1) is 11.6 Å². The largest absolute Gasteiger partial charge is 0.478 e. The second-order valence-electron chi connectivity index (χ2n) is 4.18. The highest BCUT2D eigenvalue weighted by molar-refractivity contribution is 9.10. The van der Waals surface area contributed by atoms with E-state index in [1.165, 1.54) is 11.8 Å². The molecule has 8 heteroatoms. The van der Waals surface area contributed by atoms with Crippen LogP contribution in [0.5, 0.6) is 0 Å². The highest BCUT2D eigenvalue weighted by Crippen LogP contribution is 2.39. The predicted molar refractivity (Wildman–Crippen MR) is 71.3 cm³/mol. The number of benzene rings is 1. The summed E-state index contributed by atoms with van der Waals surface area (Å²) in [5.41, 5.74) is 0.249. The first-order valence-corrected chi connectivity index (χ1v) is 7.24. The number of nitrogens with zero attached hydrogens (tertiary/aromatic N) is 4. The first-order chi connectivity index (χ1) is 9.15. The molecule has 1 aromatic heterocycles. The van der Waals surface area contributed by atoms with Gasteiger partial charge in [-0.05, 0) is 53.2 Å². The second-order valence-corrected chi connectivity index (χ2v) is 6.11. The van der Waals surface area contributed by atoms with Gasteiger partial charge in [0.15, 0.2) is 0 Å². The molecule has 0 aliphatic heterocycles. The van der Waals surface area contributed by atoms with Crippen LogP contribution in [-0.4, -0.2) is 31.3 Å². The van der Waals surface area contributed by atoms with E-state index in [0.717, 1.165) is 17.3 Å². The van der Waals surface area contributed by atoms with Gasteiger partial charge in [-0.25, -0.2) is 9.48 Å². The van der Waals surface area contributed by atoms with E-state index in [1.54, 1.807) is 22.9 Å². The Morgan fingerprint density at radius 2 is 2.26 bits per heavy atom. The quantitative estimate of drug-likeness (QED) is 0.921. The van der Waals surface area contributed by atoms with Crippen LogP contribution in [0.25, 0.3) is 0 Å². The average molecular weight is 341 g/mol. The molecule has 1 aliphatic carbocycles. The average Bonchev–Trinajstić information content (AvgIpc) is 3.10. The molecule has 0 bridgehead atoms. The third-order valence-corrected chi connectivity index (χ3v) is 4.23. The lowest BCUT2D eigenvalue weighted by Crippen LogP contribution is -2.01. The smallest absolute Gasteiger partial charge is 0.336 e. The molecule has 1 N–H and O–H groups in total. The van der Waals surface area contributed by atoms with E-state index >= 15 is 0 Å². The number of rotatable bonds is 4. The van der Waals surface area contributed by atoms with E-state index in [0.29, 0.717) is 16.1 Å². The molecule has 3 rings (SSSR count). The Morgan fingerprint density at radius 3 is 2.95 bits per heavy atom. The van der Waals surface area contributed by atoms with E-state index in [4.69, 9.17) is 0 Å². The Bertz CT molecular complexity index is 641. The maximum absolute atomic E-state index is 11.2. The summed E-state index contributed by atoms with van der Waals surface area (Å²) in [5, 5.41) is 21.4. The Hall–Kier alpha value is -1.41. The number of hydrogen-bond acceptors (Lipinski definition) is 5. The van der Waals surface area contributed by atoms with Crippen LogP contribution < -0.4 is 0 Å². The van der Waals surface area contributed by atoms with Crippen molar-refractivity contribution in [1.29, 1.82) is 0 Å². The number of hydrogen-bond donors (Lipinski definition) is 1. The summed E-state index contributed by atoms with van der Waals surface area (Å²) in [5.74, 6) is -0.958. The monoisotopic (exact) mass is 340 g/mol. The van der Waals surface area contributed by atoms with Crippen LogP contribution >= 0.6 is 27.7 Å². The molecule has 0 amide bonds. The molecule has 0 spiro atoms. The number of tetrazole rings is 1. The molecule has 0 atom stereocenters. The first-order valence-electron chi connectivity index (χ1n) is 5.63. The lowest BCUT2D eigenvalue weighted by atomic mass is 10.2. The van der Waals surface area contributed by atoms with Gasteiger partial charge in [-0.3, -0.25) is 0 Å². The van der Waals surface area contributed by atoms with Crippen molar-refractivity contribution in [2.45, 2.75) is 28.9 Å². The Kier molecular flexibility index (Phi) is 3.28. The van der Waals surface area contributed by atoms with Crippen LogP contribution in [0.4, 0.5) is 0 Å². The molecule has 1 aliphatic rings. The summed E-state index contributed by atoms with van der Waals surface area (Å²) in [6.45, 7) is 0. The van der Waals surface area contributed by atoms with Crippen LogP contribution in [0.15, 0.2) is 32.7 Å². The zero-order valence-electron chi connectivity index (χ0n) is 9.65. The number of halogens is 1. The van der Waals surface area contributed by atoms with Gasteiger partial charge in [0.25, 0.3) is 0 Å². The Balaban J connectivity index is 1.95. The SMILES string of the molecule is O=C(O)c1ccc(Br)cc1Sc1nnnn1C1CC1. The molecule has 0 saturated heterocycles. The molecule has 98 valence electrons. The van der Waals surface area contributed by atoms with E-state index in [1.807, 2.05) is 0 Å². The summed E-state index contributed by atoms with van der Waals surface area (Å²) in [6, 6.07) is 5.40. The molecule has 0 radical (unpaired) electrons. The third kappa shape index (κ3) is 2.64. The van der Waals surface area contributed by atoms with Crippen molar-refractivity contribution in [3.05, 3.63) is 28.2 Å². The lowest BCUT2D eigenvalue weighted by molar-refractivity contribution is 0.0693. The van der Waals surface area contributed by atoms with Gasteiger partial charge in [0.2, 0.25) is 5.16 Å². The van der Waals surface area contributed by atoms with Gasteiger partial charge in [0, 0.05) is 9.37 Å². The van der Waals surface area contributed by atoms with Crippen molar-refractivity contribution in [2.75, 3.05) is 0 Å². The Labute approximate surface area is 121 Å². The highest BCUT2D eigenvalue weighted by Gasteiger charge is 2.28. The maximum Gasteiger partial charge on any atom is 0.336 e.